The van der Waals surface area contributed by atoms with Gasteiger partial charge in [-0.15, -0.1) is 24.5 Å². The van der Waals surface area contributed by atoms with Crippen molar-refractivity contribution in [3.63, 3.8) is 0 Å². The van der Waals surface area contributed by atoms with Gasteiger partial charge in [0, 0.05) is 24.2 Å². The number of anilines is 2. The Balaban J connectivity index is 1.97. The highest BCUT2D eigenvalue weighted by Crippen LogP contribution is 2.22. The third-order valence-electron chi connectivity index (χ3n) is 3.55. The molecule has 0 saturated heterocycles. The maximum Gasteiger partial charge on any atom is 0.229 e. The second kappa shape index (κ2) is 9.03. The van der Waals surface area contributed by atoms with Crippen molar-refractivity contribution < 1.29 is 4.79 Å². The van der Waals surface area contributed by atoms with Crippen molar-refractivity contribution in [2.75, 3.05) is 18.4 Å². The molecule has 126 valence electrons. The van der Waals surface area contributed by atoms with Gasteiger partial charge < -0.3 is 10.2 Å². The smallest absolute Gasteiger partial charge is 0.229 e. The summed E-state index contributed by atoms with van der Waals surface area (Å²) in [5.74, 6) is 0.0268. The molecule has 5 heteroatoms. The van der Waals surface area contributed by atoms with Crippen molar-refractivity contribution in [2.45, 2.75) is 19.8 Å². The number of aryl methyl sites for hydroxylation is 1. The van der Waals surface area contributed by atoms with Gasteiger partial charge in [0.15, 0.2) is 5.13 Å². The zero-order valence-electron chi connectivity index (χ0n) is 14.0. The Morgan fingerprint density at radius 2 is 1.92 bits per heavy atom. The summed E-state index contributed by atoms with van der Waals surface area (Å²) in [7, 11) is 0. The van der Waals surface area contributed by atoms with E-state index in [0.29, 0.717) is 13.1 Å². The van der Waals surface area contributed by atoms with Gasteiger partial charge in [-0.3, -0.25) is 4.79 Å². The number of carbonyl (C=O) groups excluding carboxylic acids is 1. The van der Waals surface area contributed by atoms with Gasteiger partial charge >= 0.3 is 0 Å². The van der Waals surface area contributed by atoms with Gasteiger partial charge in [0.2, 0.25) is 5.91 Å². The first-order valence-corrected chi connectivity index (χ1v) is 8.84. The summed E-state index contributed by atoms with van der Waals surface area (Å²) in [6.45, 7) is 10.5. The molecule has 0 bridgehead atoms. The summed E-state index contributed by atoms with van der Waals surface area (Å²) in [5, 5.41) is 5.99. The molecule has 0 atom stereocenters. The van der Waals surface area contributed by atoms with Gasteiger partial charge in [0.25, 0.3) is 0 Å². The van der Waals surface area contributed by atoms with Crippen molar-refractivity contribution in [2.24, 2.45) is 0 Å². The SMILES string of the molecule is C=CCN(CC=C)C(=O)Cc1csc(Nc2ccc(CC)cc2)n1. The van der Waals surface area contributed by atoms with Gasteiger partial charge in [-0.1, -0.05) is 31.2 Å². The molecule has 0 aliphatic heterocycles. The fraction of sp³-hybridized carbons (Fsp3) is 0.263. The first kappa shape index (κ1) is 17.9. The lowest BCUT2D eigenvalue weighted by molar-refractivity contribution is -0.129. The Kier molecular flexibility index (Phi) is 6.75. The first-order chi connectivity index (χ1) is 11.7. The van der Waals surface area contributed by atoms with E-state index in [1.165, 1.54) is 16.9 Å². The van der Waals surface area contributed by atoms with Gasteiger partial charge in [0.1, 0.15) is 0 Å². The van der Waals surface area contributed by atoms with E-state index in [4.69, 9.17) is 0 Å². The number of rotatable bonds is 9. The molecule has 0 saturated carbocycles. The Bertz CT molecular complexity index is 681. The molecule has 2 aromatic rings. The van der Waals surface area contributed by atoms with Gasteiger partial charge in [-0.25, -0.2) is 4.98 Å². The van der Waals surface area contributed by atoms with Crippen LogP contribution in [-0.4, -0.2) is 28.9 Å². The molecule has 1 heterocycles. The second-order valence-corrected chi connectivity index (χ2v) is 6.23. The highest BCUT2D eigenvalue weighted by Gasteiger charge is 2.13. The van der Waals surface area contributed by atoms with Crippen LogP contribution in [0.3, 0.4) is 0 Å². The number of nitrogens with zero attached hydrogens (tertiary/aromatic N) is 2. The average Bonchev–Trinajstić information content (AvgIpc) is 3.02. The van der Waals surface area contributed by atoms with Crippen LogP contribution in [-0.2, 0) is 17.6 Å². The van der Waals surface area contributed by atoms with E-state index in [-0.39, 0.29) is 12.3 Å². The number of hydrogen-bond donors (Lipinski definition) is 1. The summed E-state index contributed by atoms with van der Waals surface area (Å²) >= 11 is 1.50. The highest BCUT2D eigenvalue weighted by atomic mass is 32.1. The number of aromatic nitrogens is 1. The molecule has 0 aliphatic carbocycles. The minimum Gasteiger partial charge on any atom is -0.335 e. The zero-order valence-corrected chi connectivity index (χ0v) is 14.8. The molecule has 0 aliphatic rings. The second-order valence-electron chi connectivity index (χ2n) is 5.37. The number of nitrogens with one attached hydrogen (secondary N) is 1. The third-order valence-corrected chi connectivity index (χ3v) is 4.36. The van der Waals surface area contributed by atoms with Crippen LogP contribution >= 0.6 is 11.3 Å². The fourth-order valence-electron chi connectivity index (χ4n) is 2.25. The quantitative estimate of drug-likeness (QED) is 0.696. The molecule has 0 spiro atoms. The van der Waals surface area contributed by atoms with E-state index in [1.807, 2.05) is 17.5 Å². The molecule has 0 radical (unpaired) electrons. The van der Waals surface area contributed by atoms with E-state index in [9.17, 15) is 4.79 Å². The van der Waals surface area contributed by atoms with E-state index in [2.05, 4.69) is 42.5 Å². The minimum atomic E-state index is 0.0268. The van der Waals surface area contributed by atoms with E-state index in [1.54, 1.807) is 17.1 Å². The average molecular weight is 341 g/mol. The number of thiazole rings is 1. The molecule has 1 amide bonds. The Morgan fingerprint density at radius 3 is 2.50 bits per heavy atom. The Morgan fingerprint density at radius 1 is 1.25 bits per heavy atom. The molecule has 1 N–H and O–H groups in total. The lowest BCUT2D eigenvalue weighted by Crippen LogP contribution is -2.32. The maximum atomic E-state index is 12.3. The molecule has 2 rings (SSSR count). The Hall–Kier alpha value is -2.40. The monoisotopic (exact) mass is 341 g/mol. The predicted molar refractivity (Wildman–Crippen MR) is 102 cm³/mol. The molecule has 4 nitrogen and oxygen atoms in total. The van der Waals surface area contributed by atoms with Crippen LogP contribution in [0, 0.1) is 0 Å². The normalized spacial score (nSPS) is 10.2. The number of hydrogen-bond acceptors (Lipinski definition) is 4. The van der Waals surface area contributed by atoms with E-state index in [0.717, 1.165) is 22.9 Å². The lowest BCUT2D eigenvalue weighted by atomic mass is 10.1. The first-order valence-electron chi connectivity index (χ1n) is 7.96. The fourth-order valence-corrected chi connectivity index (χ4v) is 2.98. The predicted octanol–water partition coefficient (Wildman–Crippen LogP) is 4.19. The molecule has 0 unspecified atom stereocenters. The largest absolute Gasteiger partial charge is 0.335 e. The van der Waals surface area contributed by atoms with Crippen LogP contribution in [0.15, 0.2) is 55.0 Å². The van der Waals surface area contributed by atoms with Crippen LogP contribution < -0.4 is 5.32 Å². The van der Waals surface area contributed by atoms with E-state index < -0.39 is 0 Å². The van der Waals surface area contributed by atoms with Gasteiger partial charge in [0.05, 0.1) is 12.1 Å². The standard InChI is InChI=1S/C19H23N3OS/c1-4-11-22(12-5-2)18(23)13-17-14-24-19(21-17)20-16-9-7-15(6-3)8-10-16/h4-5,7-10,14H,1-2,6,11-13H2,3H3,(H,20,21). The maximum absolute atomic E-state index is 12.3. The van der Waals surface area contributed by atoms with Crippen molar-refractivity contribution in [3.05, 3.63) is 66.2 Å². The Labute approximate surface area is 147 Å². The summed E-state index contributed by atoms with van der Waals surface area (Å²) < 4.78 is 0. The topological polar surface area (TPSA) is 45.2 Å². The summed E-state index contributed by atoms with van der Waals surface area (Å²) in [5.41, 5.74) is 3.07. The summed E-state index contributed by atoms with van der Waals surface area (Å²) in [4.78, 5) is 18.5. The van der Waals surface area contributed by atoms with Gasteiger partial charge in [-0.05, 0) is 24.1 Å². The van der Waals surface area contributed by atoms with E-state index >= 15 is 0 Å². The third kappa shape index (κ3) is 5.06. The van der Waals surface area contributed by atoms with Crippen molar-refractivity contribution in [3.8, 4) is 0 Å². The molecule has 24 heavy (non-hydrogen) atoms. The van der Waals surface area contributed by atoms with Crippen LogP contribution in [0.5, 0.6) is 0 Å². The number of carbonyl (C=O) groups is 1. The van der Waals surface area contributed by atoms with Crippen LogP contribution in [0.4, 0.5) is 10.8 Å². The van der Waals surface area contributed by atoms with Crippen LogP contribution in [0.1, 0.15) is 18.2 Å². The highest BCUT2D eigenvalue weighted by molar-refractivity contribution is 7.13. The number of amides is 1. The molecule has 0 fully saturated rings. The molecule has 1 aromatic heterocycles. The molecular formula is C19H23N3OS. The number of benzene rings is 1. The summed E-state index contributed by atoms with van der Waals surface area (Å²) in [6.07, 6.45) is 4.75. The summed E-state index contributed by atoms with van der Waals surface area (Å²) in [6, 6.07) is 8.29. The van der Waals surface area contributed by atoms with Crippen molar-refractivity contribution in [1.29, 1.82) is 0 Å². The van der Waals surface area contributed by atoms with Crippen molar-refractivity contribution in [1.82, 2.24) is 9.88 Å². The van der Waals surface area contributed by atoms with Gasteiger partial charge in [-0.2, -0.15) is 0 Å². The minimum absolute atomic E-state index is 0.0268. The molecular weight excluding hydrogens is 318 g/mol. The molecule has 1 aromatic carbocycles. The van der Waals surface area contributed by atoms with Crippen molar-refractivity contribution >= 4 is 28.1 Å². The lowest BCUT2D eigenvalue weighted by Gasteiger charge is -2.18. The zero-order chi connectivity index (χ0) is 17.4. The van der Waals surface area contributed by atoms with Crippen LogP contribution in [0.2, 0.25) is 0 Å². The van der Waals surface area contributed by atoms with Crippen LogP contribution in [0.25, 0.3) is 0 Å².